The topological polar surface area (TPSA) is 70.6 Å². The largest absolute Gasteiger partial charge is 0.511 e. The molecule has 1 aliphatic rings. The van der Waals surface area contributed by atoms with Crippen LogP contribution in [0, 0.1) is 0 Å². The highest BCUT2D eigenvalue weighted by atomic mass is 32.1. The molecular weight excluding hydrogens is 295 g/mol. The molecule has 7 heteroatoms. The van der Waals surface area contributed by atoms with Gasteiger partial charge >= 0.3 is 0 Å². The SMILES string of the molecule is C=C/C=C(NC(=S)C1=C(O)CCNC1=O)\C(OC)=C(/C)F. The minimum atomic E-state index is -0.563. The van der Waals surface area contributed by atoms with E-state index < -0.39 is 11.7 Å². The quantitative estimate of drug-likeness (QED) is 0.412. The van der Waals surface area contributed by atoms with Gasteiger partial charge in [-0.15, -0.1) is 0 Å². The number of allylic oxidation sites excluding steroid dienone is 3. The van der Waals surface area contributed by atoms with E-state index in [1.165, 1.54) is 26.2 Å². The maximum absolute atomic E-state index is 13.4. The molecule has 1 rings (SSSR count). The summed E-state index contributed by atoms with van der Waals surface area (Å²) >= 11 is 5.11. The number of thiocarbonyl (C=S) groups is 1. The van der Waals surface area contributed by atoms with E-state index in [2.05, 4.69) is 17.2 Å². The maximum Gasteiger partial charge on any atom is 0.257 e. The van der Waals surface area contributed by atoms with E-state index in [-0.39, 0.29) is 27.8 Å². The van der Waals surface area contributed by atoms with E-state index in [1.807, 2.05) is 0 Å². The molecule has 0 bridgehead atoms. The summed E-state index contributed by atoms with van der Waals surface area (Å²) in [5.41, 5.74) is 0.175. The zero-order chi connectivity index (χ0) is 16.0. The molecule has 1 amide bonds. The summed E-state index contributed by atoms with van der Waals surface area (Å²) in [6, 6.07) is 0. The van der Waals surface area contributed by atoms with Crippen molar-refractivity contribution < 1.29 is 19.0 Å². The standard InChI is InChI=1S/C14H17FN2O3S/c1-4-5-9(12(20-3)8(2)15)17-14(21)11-10(18)6-7-16-13(11)19/h4-5,18H,1,6-7H2,2-3H3,(H,16,19)(H,17,21)/b9-5+,12-8-. The Bertz CT molecular complexity index is 561. The lowest BCUT2D eigenvalue weighted by molar-refractivity contribution is -0.117. The van der Waals surface area contributed by atoms with Crippen LogP contribution in [0.15, 0.2) is 47.3 Å². The van der Waals surface area contributed by atoms with E-state index in [9.17, 15) is 14.3 Å². The average Bonchev–Trinajstić information content (AvgIpc) is 2.38. The van der Waals surface area contributed by atoms with Crippen molar-refractivity contribution in [3.63, 3.8) is 0 Å². The fourth-order valence-electron chi connectivity index (χ4n) is 1.79. The lowest BCUT2D eigenvalue weighted by Gasteiger charge is -2.20. The summed E-state index contributed by atoms with van der Waals surface area (Å²) < 4.78 is 18.4. The Morgan fingerprint density at radius 2 is 2.29 bits per heavy atom. The van der Waals surface area contributed by atoms with Crippen LogP contribution < -0.4 is 10.6 Å². The van der Waals surface area contributed by atoms with Gasteiger partial charge in [0.15, 0.2) is 5.76 Å². The lowest BCUT2D eigenvalue weighted by atomic mass is 10.1. The molecule has 0 aromatic heterocycles. The van der Waals surface area contributed by atoms with Crippen molar-refractivity contribution in [3.8, 4) is 0 Å². The molecule has 0 saturated heterocycles. The van der Waals surface area contributed by atoms with Crippen LogP contribution in [-0.4, -0.2) is 29.7 Å². The third-order valence-electron chi connectivity index (χ3n) is 2.68. The Morgan fingerprint density at radius 3 is 2.76 bits per heavy atom. The first-order valence-electron chi connectivity index (χ1n) is 6.17. The predicted molar refractivity (Wildman–Crippen MR) is 82.1 cm³/mol. The third-order valence-corrected chi connectivity index (χ3v) is 2.99. The predicted octanol–water partition coefficient (Wildman–Crippen LogP) is 2.15. The number of rotatable bonds is 5. The first kappa shape index (κ1) is 16.9. The zero-order valence-electron chi connectivity index (χ0n) is 11.8. The smallest absolute Gasteiger partial charge is 0.257 e. The van der Waals surface area contributed by atoms with Crippen LogP contribution in [-0.2, 0) is 9.53 Å². The zero-order valence-corrected chi connectivity index (χ0v) is 12.6. The van der Waals surface area contributed by atoms with Gasteiger partial charge in [0.2, 0.25) is 0 Å². The molecule has 21 heavy (non-hydrogen) atoms. The fourth-order valence-corrected chi connectivity index (χ4v) is 2.11. The molecule has 0 atom stereocenters. The van der Waals surface area contributed by atoms with Crippen LogP contribution in [0.1, 0.15) is 13.3 Å². The molecule has 114 valence electrons. The van der Waals surface area contributed by atoms with Gasteiger partial charge < -0.3 is 20.5 Å². The molecule has 1 aliphatic heterocycles. The number of carbonyl (C=O) groups excluding carboxylic acids is 1. The van der Waals surface area contributed by atoms with Crippen LogP contribution in [0.3, 0.4) is 0 Å². The maximum atomic E-state index is 13.4. The molecule has 5 nitrogen and oxygen atoms in total. The van der Waals surface area contributed by atoms with Gasteiger partial charge in [-0.3, -0.25) is 4.79 Å². The van der Waals surface area contributed by atoms with Gasteiger partial charge in [-0.2, -0.15) is 0 Å². The highest BCUT2D eigenvalue weighted by Crippen LogP contribution is 2.18. The number of carbonyl (C=O) groups is 1. The summed E-state index contributed by atoms with van der Waals surface area (Å²) in [7, 11) is 1.31. The first-order chi connectivity index (χ1) is 9.92. The second-order valence-corrected chi connectivity index (χ2v) is 4.57. The Morgan fingerprint density at radius 1 is 1.62 bits per heavy atom. The van der Waals surface area contributed by atoms with Gasteiger partial charge in [0.25, 0.3) is 5.91 Å². The number of hydrogen-bond acceptors (Lipinski definition) is 4. The van der Waals surface area contributed by atoms with Gasteiger partial charge in [0.05, 0.1) is 12.8 Å². The molecule has 0 aromatic rings. The number of halogens is 1. The molecule has 1 heterocycles. The Kier molecular flexibility index (Phi) is 6.10. The van der Waals surface area contributed by atoms with E-state index in [4.69, 9.17) is 17.0 Å². The minimum absolute atomic E-state index is 0.0198. The number of aliphatic hydroxyl groups excluding tert-OH is 1. The molecule has 0 saturated carbocycles. The number of nitrogens with one attached hydrogen (secondary N) is 2. The summed E-state index contributed by atoms with van der Waals surface area (Å²) in [6.45, 7) is 5.10. The van der Waals surface area contributed by atoms with Gasteiger partial charge in [0, 0.05) is 13.0 Å². The van der Waals surface area contributed by atoms with Crippen molar-refractivity contribution in [3.05, 3.63) is 47.3 Å². The van der Waals surface area contributed by atoms with Crippen LogP contribution in [0.4, 0.5) is 4.39 Å². The van der Waals surface area contributed by atoms with Crippen LogP contribution in [0.2, 0.25) is 0 Å². The molecule has 0 radical (unpaired) electrons. The molecule has 0 aromatic carbocycles. The summed E-state index contributed by atoms with van der Waals surface area (Å²) in [5, 5.41) is 15.1. The number of hydrogen-bond donors (Lipinski definition) is 3. The second-order valence-electron chi connectivity index (χ2n) is 4.16. The number of ether oxygens (including phenoxy) is 1. The van der Waals surface area contributed by atoms with E-state index in [0.29, 0.717) is 13.0 Å². The highest BCUT2D eigenvalue weighted by molar-refractivity contribution is 7.80. The van der Waals surface area contributed by atoms with Crippen molar-refractivity contribution in [2.75, 3.05) is 13.7 Å². The molecule has 3 N–H and O–H groups in total. The summed E-state index contributed by atoms with van der Waals surface area (Å²) in [5.74, 6) is -1.20. The monoisotopic (exact) mass is 312 g/mol. The molecule has 0 spiro atoms. The van der Waals surface area contributed by atoms with Crippen LogP contribution in [0.25, 0.3) is 0 Å². The Balaban J connectivity index is 3.09. The van der Waals surface area contributed by atoms with Crippen molar-refractivity contribution in [1.29, 1.82) is 0 Å². The van der Waals surface area contributed by atoms with Gasteiger partial charge in [-0.1, -0.05) is 24.9 Å². The average molecular weight is 312 g/mol. The molecule has 0 aliphatic carbocycles. The minimum Gasteiger partial charge on any atom is -0.511 e. The third kappa shape index (κ3) is 4.16. The first-order valence-corrected chi connectivity index (χ1v) is 6.58. The second kappa shape index (κ2) is 7.58. The highest BCUT2D eigenvalue weighted by Gasteiger charge is 2.25. The number of methoxy groups -OCH3 is 1. The Hall–Kier alpha value is -2.15. The van der Waals surface area contributed by atoms with Crippen LogP contribution >= 0.6 is 12.2 Å². The van der Waals surface area contributed by atoms with Crippen molar-refractivity contribution in [2.24, 2.45) is 0 Å². The van der Waals surface area contributed by atoms with E-state index in [1.54, 1.807) is 0 Å². The number of amides is 1. The van der Waals surface area contributed by atoms with Crippen molar-refractivity contribution in [1.82, 2.24) is 10.6 Å². The fraction of sp³-hybridized carbons (Fsp3) is 0.286. The van der Waals surface area contributed by atoms with Crippen LogP contribution in [0.5, 0.6) is 0 Å². The molecule has 0 unspecified atom stereocenters. The lowest BCUT2D eigenvalue weighted by Crippen LogP contribution is -2.38. The normalized spacial score (nSPS) is 16.9. The summed E-state index contributed by atoms with van der Waals surface area (Å²) in [6.07, 6.45) is 3.16. The van der Waals surface area contributed by atoms with Gasteiger partial charge in [-0.05, 0) is 13.0 Å². The van der Waals surface area contributed by atoms with Crippen molar-refractivity contribution >= 4 is 23.1 Å². The summed E-state index contributed by atoms with van der Waals surface area (Å²) in [4.78, 5) is 11.7. The van der Waals surface area contributed by atoms with E-state index >= 15 is 0 Å². The number of aliphatic hydroxyl groups is 1. The Labute approximate surface area is 127 Å². The molecular formula is C14H17FN2O3S. The molecule has 0 fully saturated rings. The van der Waals surface area contributed by atoms with Gasteiger partial charge in [-0.25, -0.2) is 4.39 Å². The van der Waals surface area contributed by atoms with Crippen molar-refractivity contribution in [2.45, 2.75) is 13.3 Å². The van der Waals surface area contributed by atoms with E-state index in [0.717, 1.165) is 0 Å². The van der Waals surface area contributed by atoms with Gasteiger partial charge in [0.1, 0.15) is 22.1 Å².